The van der Waals surface area contributed by atoms with Gasteiger partial charge in [-0.1, -0.05) is 51.8 Å². The van der Waals surface area contributed by atoms with E-state index in [-0.39, 0.29) is 47.8 Å². The molecule has 5 heterocycles. The van der Waals surface area contributed by atoms with E-state index in [1.807, 2.05) is 35.9 Å². The lowest BCUT2D eigenvalue weighted by Gasteiger charge is -2.35. The minimum atomic E-state index is -0.697. The second-order valence-electron chi connectivity index (χ2n) is 17.8. The summed E-state index contributed by atoms with van der Waals surface area (Å²) in [5.74, 6) is 9.19. The molecule has 3 aliphatic heterocycles. The smallest absolute Gasteiger partial charge is 0.407 e. The fourth-order valence-electron chi connectivity index (χ4n) is 10.4. The van der Waals surface area contributed by atoms with E-state index in [9.17, 15) is 19.2 Å². The molecule has 2 saturated carbocycles. The van der Waals surface area contributed by atoms with Gasteiger partial charge in [-0.05, 0) is 96.1 Å². The standard InChI is InChI=1S/C46H54N8O7/c1-23(2)37(51-45(57)59-5)43(55)53-36(20-33-24(3)39(33)53)42-48-22-34(50-42)30-11-10-28-17-26(7-9-29(28)18-30)8-12-31-21-47-41(49-31)35-19-32-25(4)40(32)54(35)44(56)38(52-46(58)60-6)27-13-15-61-16-14-27/h7,9-11,17-18,21-25,27,32-33,35-40H,13-16,19-20H2,1-6H3,(H,47,49)(H,48,50)(H,51,57)(H,52,58)/t24?,25?,32?,33?,35-,36-,37?,38?,39?,40?/m0/s1. The number of H-pyrrole nitrogens is 2. The van der Waals surface area contributed by atoms with Crippen molar-refractivity contribution in [2.45, 2.75) is 89.6 Å². The first-order valence-electron chi connectivity index (χ1n) is 21.5. The first-order chi connectivity index (χ1) is 29.4. The predicted octanol–water partition coefficient (Wildman–Crippen LogP) is 5.70. The molecule has 2 aromatic heterocycles. The third-order valence-electron chi connectivity index (χ3n) is 14.0. The number of nitrogens with zero attached hydrogens (tertiary/aromatic N) is 4. The van der Waals surface area contributed by atoms with Crippen LogP contribution >= 0.6 is 0 Å². The lowest BCUT2D eigenvalue weighted by molar-refractivity contribution is -0.138. The van der Waals surface area contributed by atoms with Crippen LogP contribution in [0.3, 0.4) is 0 Å². The summed E-state index contributed by atoms with van der Waals surface area (Å²) in [5, 5.41) is 7.68. The number of piperidine rings is 2. The fraction of sp³-hybridized carbons (Fsp3) is 0.522. The molecule has 4 aromatic rings. The van der Waals surface area contributed by atoms with Crippen molar-refractivity contribution in [1.82, 2.24) is 40.4 Å². The van der Waals surface area contributed by atoms with Crippen LogP contribution in [0.4, 0.5) is 9.59 Å². The highest BCUT2D eigenvalue weighted by atomic mass is 16.5. The van der Waals surface area contributed by atoms with Crippen molar-refractivity contribution < 1.29 is 33.4 Å². The average molecular weight is 831 g/mol. The molecule has 2 aliphatic carbocycles. The molecule has 5 fully saturated rings. The summed E-state index contributed by atoms with van der Waals surface area (Å²) >= 11 is 0. The highest BCUT2D eigenvalue weighted by Crippen LogP contribution is 2.58. The monoisotopic (exact) mass is 830 g/mol. The summed E-state index contributed by atoms with van der Waals surface area (Å²) in [6, 6.07) is 10.7. The lowest BCUT2D eigenvalue weighted by Crippen LogP contribution is -2.54. The molecule has 15 heteroatoms. The number of nitrogens with one attached hydrogen (secondary N) is 4. The van der Waals surface area contributed by atoms with Crippen LogP contribution in [-0.4, -0.2) is 105 Å². The van der Waals surface area contributed by atoms with E-state index < -0.39 is 24.3 Å². The van der Waals surface area contributed by atoms with Gasteiger partial charge < -0.3 is 44.6 Å². The molecule has 10 atom stereocenters. The predicted molar refractivity (Wildman–Crippen MR) is 224 cm³/mol. The summed E-state index contributed by atoms with van der Waals surface area (Å²) < 4.78 is 15.3. The second-order valence-corrected chi connectivity index (χ2v) is 17.8. The number of benzene rings is 2. The van der Waals surface area contributed by atoms with Crippen molar-refractivity contribution in [3.63, 3.8) is 0 Å². The molecule has 4 amide bonds. The van der Waals surface area contributed by atoms with Gasteiger partial charge in [0.1, 0.15) is 29.4 Å². The SMILES string of the molecule is COC(=O)NC(C(=O)N1C2C(C)C2C[C@H]1c1ncc(-c2ccc3cc(C#Cc4cnc([C@@H]5CC6C(C)C6N5C(=O)C(NC(=O)OC)C5CCOCC5)[nH]4)ccc3c2)[nH]1)C(C)C. The van der Waals surface area contributed by atoms with Crippen molar-refractivity contribution in [1.29, 1.82) is 0 Å². The van der Waals surface area contributed by atoms with E-state index in [2.05, 4.69) is 76.6 Å². The molecule has 3 saturated heterocycles. The molecule has 0 spiro atoms. The molecule has 9 rings (SSSR count). The number of fused-ring (bicyclic) bond motifs is 3. The average Bonchev–Trinajstić information content (AvgIpc) is 3.75. The van der Waals surface area contributed by atoms with E-state index in [4.69, 9.17) is 24.2 Å². The van der Waals surface area contributed by atoms with Crippen LogP contribution < -0.4 is 10.6 Å². The molecule has 4 N–H and O–H groups in total. The van der Waals surface area contributed by atoms with Crippen LogP contribution in [0, 0.1) is 47.3 Å². The number of ether oxygens (including phenoxy) is 3. The zero-order valence-electron chi connectivity index (χ0n) is 35.4. The minimum Gasteiger partial charge on any atom is -0.453 e. The largest absolute Gasteiger partial charge is 0.453 e. The van der Waals surface area contributed by atoms with Gasteiger partial charge in [0.05, 0.1) is 44.4 Å². The number of alkyl carbamates (subject to hydrolysis) is 2. The zero-order chi connectivity index (χ0) is 42.7. The van der Waals surface area contributed by atoms with Crippen LogP contribution in [0.15, 0.2) is 48.8 Å². The fourth-order valence-corrected chi connectivity index (χ4v) is 10.4. The van der Waals surface area contributed by atoms with E-state index >= 15 is 0 Å². The van der Waals surface area contributed by atoms with Crippen LogP contribution in [0.2, 0.25) is 0 Å². The number of imidazole rings is 2. The van der Waals surface area contributed by atoms with Gasteiger partial charge in [0.25, 0.3) is 0 Å². The van der Waals surface area contributed by atoms with Crippen LogP contribution in [0.5, 0.6) is 0 Å². The lowest BCUT2D eigenvalue weighted by atomic mass is 9.90. The Hall–Kier alpha value is -5.88. The Balaban J connectivity index is 0.890. The molecule has 5 aliphatic rings. The minimum absolute atomic E-state index is 0.0389. The van der Waals surface area contributed by atoms with Gasteiger partial charge in [-0.2, -0.15) is 0 Å². The van der Waals surface area contributed by atoms with Crippen molar-refractivity contribution in [2.75, 3.05) is 27.4 Å². The highest BCUT2D eigenvalue weighted by Gasteiger charge is 2.63. The highest BCUT2D eigenvalue weighted by molar-refractivity contribution is 5.89. The first-order valence-corrected chi connectivity index (χ1v) is 21.5. The van der Waals surface area contributed by atoms with Gasteiger partial charge in [-0.3, -0.25) is 9.59 Å². The van der Waals surface area contributed by atoms with E-state index in [1.165, 1.54) is 14.2 Å². The molecule has 8 unspecified atom stereocenters. The molecule has 320 valence electrons. The van der Waals surface area contributed by atoms with E-state index in [0.717, 1.165) is 46.3 Å². The van der Waals surface area contributed by atoms with Gasteiger partial charge in [-0.25, -0.2) is 19.6 Å². The van der Waals surface area contributed by atoms with Gasteiger partial charge in [0.2, 0.25) is 11.8 Å². The summed E-state index contributed by atoms with van der Waals surface area (Å²) in [5.41, 5.74) is 3.34. The molecule has 0 bridgehead atoms. The van der Waals surface area contributed by atoms with Crippen molar-refractivity contribution in [2.24, 2.45) is 35.5 Å². The van der Waals surface area contributed by atoms with Crippen molar-refractivity contribution >= 4 is 34.8 Å². The van der Waals surface area contributed by atoms with Crippen molar-refractivity contribution in [3.8, 4) is 23.1 Å². The normalized spacial score (nSPS) is 27.4. The van der Waals surface area contributed by atoms with E-state index in [0.29, 0.717) is 61.2 Å². The van der Waals surface area contributed by atoms with E-state index in [1.54, 1.807) is 6.20 Å². The topological polar surface area (TPSA) is 184 Å². The third kappa shape index (κ3) is 7.60. The van der Waals surface area contributed by atoms with Gasteiger partial charge >= 0.3 is 12.2 Å². The maximum Gasteiger partial charge on any atom is 0.407 e. The third-order valence-corrected chi connectivity index (χ3v) is 14.0. The number of rotatable bonds is 9. The first kappa shape index (κ1) is 40.5. The second kappa shape index (κ2) is 16.2. The molecule has 61 heavy (non-hydrogen) atoms. The maximum atomic E-state index is 14.3. The molecule has 2 aromatic carbocycles. The van der Waals surface area contributed by atoms with Crippen LogP contribution in [0.25, 0.3) is 22.0 Å². The van der Waals surface area contributed by atoms with Gasteiger partial charge in [-0.15, -0.1) is 0 Å². The Morgan fingerprint density at radius 2 is 1.39 bits per heavy atom. The number of aromatic amines is 2. The number of methoxy groups -OCH3 is 2. The summed E-state index contributed by atoms with van der Waals surface area (Å²) in [6.45, 7) is 9.30. The molecular weight excluding hydrogens is 777 g/mol. The Kier molecular flexibility index (Phi) is 10.8. The van der Waals surface area contributed by atoms with Gasteiger partial charge in [0, 0.05) is 36.4 Å². The number of carbonyl (C=O) groups excluding carboxylic acids is 4. The van der Waals surface area contributed by atoms with Crippen LogP contribution in [0.1, 0.15) is 88.4 Å². The quantitative estimate of drug-likeness (QED) is 0.154. The summed E-state index contributed by atoms with van der Waals surface area (Å²) in [4.78, 5) is 73.0. The number of amides is 4. The summed E-state index contributed by atoms with van der Waals surface area (Å²) in [7, 11) is 2.61. The molecular formula is C46H54N8O7. The Bertz CT molecular complexity index is 2410. The Morgan fingerprint density at radius 1 is 0.787 bits per heavy atom. The maximum absolute atomic E-state index is 14.3. The van der Waals surface area contributed by atoms with Crippen LogP contribution in [-0.2, 0) is 23.8 Å². The van der Waals surface area contributed by atoms with Crippen molar-refractivity contribution in [3.05, 3.63) is 71.7 Å². The number of likely N-dealkylation sites (tertiary alicyclic amines) is 2. The van der Waals surface area contributed by atoms with Gasteiger partial charge in [0.15, 0.2) is 0 Å². The zero-order valence-corrected chi connectivity index (χ0v) is 35.4. The number of hydrogen-bond donors (Lipinski definition) is 4. The summed E-state index contributed by atoms with van der Waals surface area (Å²) in [6.07, 6.45) is 5.32. The molecule has 0 radical (unpaired) electrons. The number of hydrogen-bond acceptors (Lipinski definition) is 9. The number of aromatic nitrogens is 4. The number of carbonyl (C=O) groups is 4. The Labute approximate surface area is 355 Å². The Morgan fingerprint density at radius 3 is 2.07 bits per heavy atom. The molecule has 15 nitrogen and oxygen atoms in total.